The first-order valence-electron chi connectivity index (χ1n) is 9.04. The fourth-order valence-electron chi connectivity index (χ4n) is 3.25. The van der Waals surface area contributed by atoms with E-state index in [0.29, 0.717) is 40.6 Å². The van der Waals surface area contributed by atoms with Crippen LogP contribution in [0.5, 0.6) is 0 Å². The maximum Gasteiger partial charge on any atom is 0.259 e. The number of aromatic amines is 1. The number of nitrogen functional groups attached to an aromatic ring is 1. The number of nitrogens with two attached hydrogens (primary N) is 1. The standard InChI is InChI=1S/C19H25N5O2/c1-3-12(4-2)11-15-16(17(20)24(23-15)9-10-25)18-21-14-8-6-5-7-13(14)19(26)22-18/h5-8,12,25H,3-4,9-11,20H2,1-2H3,(H,21,22,26). The van der Waals surface area contributed by atoms with Crippen molar-refractivity contribution in [3.63, 3.8) is 0 Å². The summed E-state index contributed by atoms with van der Waals surface area (Å²) < 4.78 is 1.59. The van der Waals surface area contributed by atoms with Gasteiger partial charge in [0.25, 0.3) is 5.56 Å². The molecule has 4 N–H and O–H groups in total. The van der Waals surface area contributed by atoms with Crippen molar-refractivity contribution < 1.29 is 5.11 Å². The Balaban J connectivity index is 2.17. The molecule has 0 radical (unpaired) electrons. The quantitative estimate of drug-likeness (QED) is 0.602. The monoisotopic (exact) mass is 355 g/mol. The Morgan fingerprint density at radius 1 is 1.27 bits per heavy atom. The van der Waals surface area contributed by atoms with Gasteiger partial charge < -0.3 is 15.8 Å². The molecule has 0 aliphatic heterocycles. The summed E-state index contributed by atoms with van der Waals surface area (Å²) in [5.74, 6) is 1.31. The molecule has 0 aliphatic rings. The van der Waals surface area contributed by atoms with Crippen molar-refractivity contribution in [1.29, 1.82) is 0 Å². The topological polar surface area (TPSA) is 110 Å². The summed E-state index contributed by atoms with van der Waals surface area (Å²) in [6.45, 7) is 4.55. The van der Waals surface area contributed by atoms with Gasteiger partial charge in [0, 0.05) is 0 Å². The molecule has 0 spiro atoms. The van der Waals surface area contributed by atoms with Gasteiger partial charge in [0.2, 0.25) is 0 Å². The highest BCUT2D eigenvalue weighted by atomic mass is 16.3. The maximum atomic E-state index is 12.5. The molecule has 2 heterocycles. The first-order chi connectivity index (χ1) is 12.6. The van der Waals surface area contributed by atoms with Crippen LogP contribution in [0.4, 0.5) is 5.82 Å². The second-order valence-corrected chi connectivity index (χ2v) is 6.47. The Bertz CT molecular complexity index is 956. The van der Waals surface area contributed by atoms with Crippen molar-refractivity contribution in [2.24, 2.45) is 5.92 Å². The largest absolute Gasteiger partial charge is 0.394 e. The number of nitrogens with one attached hydrogen (secondary N) is 1. The van der Waals surface area contributed by atoms with Gasteiger partial charge in [-0.05, 0) is 24.5 Å². The summed E-state index contributed by atoms with van der Waals surface area (Å²) in [6, 6.07) is 7.21. The number of fused-ring (bicyclic) bond motifs is 1. The molecule has 0 atom stereocenters. The normalized spacial score (nSPS) is 11.5. The molecule has 2 aromatic heterocycles. The zero-order chi connectivity index (χ0) is 18.7. The van der Waals surface area contributed by atoms with Crippen molar-refractivity contribution in [3.05, 3.63) is 40.3 Å². The zero-order valence-corrected chi connectivity index (χ0v) is 15.2. The summed E-state index contributed by atoms with van der Waals surface area (Å²) >= 11 is 0. The fourth-order valence-corrected chi connectivity index (χ4v) is 3.25. The predicted octanol–water partition coefficient (Wildman–Crippen LogP) is 2.34. The molecule has 138 valence electrons. The van der Waals surface area contributed by atoms with Crippen LogP contribution in [-0.4, -0.2) is 31.5 Å². The molecule has 0 fully saturated rings. The molecule has 7 heteroatoms. The molecular formula is C19H25N5O2. The lowest BCUT2D eigenvalue weighted by molar-refractivity contribution is 0.270. The van der Waals surface area contributed by atoms with Crippen LogP contribution in [-0.2, 0) is 13.0 Å². The first-order valence-corrected chi connectivity index (χ1v) is 9.04. The van der Waals surface area contributed by atoms with Crippen LogP contribution in [0.1, 0.15) is 32.4 Å². The predicted molar refractivity (Wildman–Crippen MR) is 103 cm³/mol. The number of rotatable bonds is 7. The van der Waals surface area contributed by atoms with E-state index in [1.165, 1.54) is 0 Å². The molecule has 1 aromatic carbocycles. The maximum absolute atomic E-state index is 12.5. The molecule has 7 nitrogen and oxygen atoms in total. The minimum atomic E-state index is -0.201. The second kappa shape index (κ2) is 7.70. The van der Waals surface area contributed by atoms with Gasteiger partial charge >= 0.3 is 0 Å². The molecule has 0 aliphatic carbocycles. The van der Waals surface area contributed by atoms with Crippen LogP contribution in [0.25, 0.3) is 22.3 Å². The molecule has 26 heavy (non-hydrogen) atoms. The number of aromatic nitrogens is 4. The number of H-pyrrole nitrogens is 1. The lowest BCUT2D eigenvalue weighted by atomic mass is 9.95. The highest BCUT2D eigenvalue weighted by Crippen LogP contribution is 2.30. The molecular weight excluding hydrogens is 330 g/mol. The Morgan fingerprint density at radius 2 is 2.00 bits per heavy atom. The van der Waals surface area contributed by atoms with Crippen molar-refractivity contribution >= 4 is 16.7 Å². The molecule has 0 saturated carbocycles. The Labute approximate surface area is 151 Å². The van der Waals surface area contributed by atoms with Crippen LogP contribution < -0.4 is 11.3 Å². The van der Waals surface area contributed by atoms with E-state index in [1.807, 2.05) is 18.2 Å². The number of hydrogen-bond acceptors (Lipinski definition) is 5. The average molecular weight is 355 g/mol. The van der Waals surface area contributed by atoms with Crippen molar-refractivity contribution in [2.75, 3.05) is 12.3 Å². The fraction of sp³-hybridized carbons (Fsp3) is 0.421. The van der Waals surface area contributed by atoms with Gasteiger partial charge in [-0.2, -0.15) is 5.10 Å². The lowest BCUT2D eigenvalue weighted by Gasteiger charge is -2.11. The lowest BCUT2D eigenvalue weighted by Crippen LogP contribution is -2.11. The molecule has 3 rings (SSSR count). The van der Waals surface area contributed by atoms with E-state index in [-0.39, 0.29) is 12.2 Å². The van der Waals surface area contributed by atoms with Gasteiger partial charge in [-0.1, -0.05) is 38.8 Å². The van der Waals surface area contributed by atoms with E-state index in [9.17, 15) is 9.90 Å². The summed E-state index contributed by atoms with van der Waals surface area (Å²) in [4.78, 5) is 19.9. The highest BCUT2D eigenvalue weighted by Gasteiger charge is 2.22. The smallest absolute Gasteiger partial charge is 0.259 e. The van der Waals surface area contributed by atoms with E-state index in [0.717, 1.165) is 25.0 Å². The number of aliphatic hydroxyl groups is 1. The van der Waals surface area contributed by atoms with E-state index < -0.39 is 0 Å². The van der Waals surface area contributed by atoms with Crippen molar-refractivity contribution in [3.8, 4) is 11.4 Å². The summed E-state index contributed by atoms with van der Waals surface area (Å²) in [7, 11) is 0. The third kappa shape index (κ3) is 3.35. The van der Waals surface area contributed by atoms with Gasteiger partial charge in [-0.25, -0.2) is 9.67 Å². The van der Waals surface area contributed by atoms with Gasteiger partial charge in [0.1, 0.15) is 11.6 Å². The van der Waals surface area contributed by atoms with Gasteiger partial charge in [0.05, 0.1) is 35.3 Å². The number of aliphatic hydroxyl groups excluding tert-OH is 1. The second-order valence-electron chi connectivity index (χ2n) is 6.47. The Morgan fingerprint density at radius 3 is 2.69 bits per heavy atom. The van der Waals surface area contributed by atoms with Gasteiger partial charge in [-0.3, -0.25) is 4.79 Å². The molecule has 0 amide bonds. The number of benzene rings is 1. The van der Waals surface area contributed by atoms with Crippen LogP contribution in [0.3, 0.4) is 0 Å². The van der Waals surface area contributed by atoms with Crippen molar-refractivity contribution in [2.45, 2.75) is 39.7 Å². The van der Waals surface area contributed by atoms with Crippen LogP contribution >= 0.6 is 0 Å². The summed E-state index contributed by atoms with van der Waals surface area (Å²) in [5, 5.41) is 14.4. The SMILES string of the molecule is CCC(CC)Cc1nn(CCO)c(N)c1-c1nc2ccccc2c(=O)[nH]1. The highest BCUT2D eigenvalue weighted by molar-refractivity contribution is 5.81. The van der Waals surface area contributed by atoms with E-state index in [2.05, 4.69) is 28.9 Å². The molecule has 0 bridgehead atoms. The average Bonchev–Trinajstić information content (AvgIpc) is 2.95. The Kier molecular flexibility index (Phi) is 5.37. The minimum absolute atomic E-state index is 0.0581. The van der Waals surface area contributed by atoms with E-state index in [1.54, 1.807) is 10.7 Å². The van der Waals surface area contributed by atoms with E-state index in [4.69, 9.17) is 5.73 Å². The Hall–Kier alpha value is -2.67. The third-order valence-electron chi connectivity index (χ3n) is 4.86. The number of para-hydroxylation sites is 1. The van der Waals surface area contributed by atoms with Crippen molar-refractivity contribution in [1.82, 2.24) is 19.7 Å². The summed E-state index contributed by atoms with van der Waals surface area (Å²) in [6.07, 6.45) is 2.82. The molecule has 0 unspecified atom stereocenters. The number of anilines is 1. The first kappa shape index (κ1) is 18.1. The zero-order valence-electron chi connectivity index (χ0n) is 15.2. The van der Waals surface area contributed by atoms with Gasteiger partial charge in [-0.15, -0.1) is 0 Å². The number of nitrogens with zero attached hydrogens (tertiary/aromatic N) is 3. The van der Waals surface area contributed by atoms with Gasteiger partial charge in [0.15, 0.2) is 0 Å². The van der Waals surface area contributed by atoms with Crippen LogP contribution in [0, 0.1) is 5.92 Å². The number of hydrogen-bond donors (Lipinski definition) is 3. The van der Waals surface area contributed by atoms with E-state index >= 15 is 0 Å². The minimum Gasteiger partial charge on any atom is -0.394 e. The molecule has 0 saturated heterocycles. The third-order valence-corrected chi connectivity index (χ3v) is 4.86. The molecule has 3 aromatic rings. The van der Waals surface area contributed by atoms with Crippen LogP contribution in [0.2, 0.25) is 0 Å². The summed E-state index contributed by atoms with van der Waals surface area (Å²) in [5.41, 5.74) is 8.19. The van der Waals surface area contributed by atoms with Crippen LogP contribution in [0.15, 0.2) is 29.1 Å².